The second kappa shape index (κ2) is 13.7. The van der Waals surface area contributed by atoms with Crippen LogP contribution in [0.5, 0.6) is 0 Å². The van der Waals surface area contributed by atoms with Crippen LogP contribution in [0.15, 0.2) is 89.8 Å². The van der Waals surface area contributed by atoms with Crippen molar-refractivity contribution in [1.82, 2.24) is 0 Å². The van der Waals surface area contributed by atoms with Gasteiger partial charge >= 0.3 is 5.97 Å². The van der Waals surface area contributed by atoms with Gasteiger partial charge in [-0.05, 0) is 68.1 Å². The van der Waals surface area contributed by atoms with Crippen LogP contribution in [0.3, 0.4) is 0 Å². The van der Waals surface area contributed by atoms with Crippen LogP contribution in [0.4, 0.5) is 16.4 Å². The van der Waals surface area contributed by atoms with E-state index in [-0.39, 0.29) is 34.9 Å². The number of hydrogen-bond donors (Lipinski definition) is 3. The molecule has 3 amide bonds. The van der Waals surface area contributed by atoms with Gasteiger partial charge in [0.15, 0.2) is 0 Å². The van der Waals surface area contributed by atoms with E-state index >= 15 is 0 Å². The minimum atomic E-state index is -0.699. The SMILES string of the molecule is CCOC(=O)c1c(NC(=O)C(Sc2cccc(NC(=O)C3CC3)c2)c2ccccc2)sc(C(=O)Nc2ccccc2)c1C. The van der Waals surface area contributed by atoms with Crippen LogP contribution in [-0.4, -0.2) is 30.3 Å². The lowest BCUT2D eigenvalue weighted by Crippen LogP contribution is -2.20. The summed E-state index contributed by atoms with van der Waals surface area (Å²) in [5.74, 6) is -1.30. The highest BCUT2D eigenvalue weighted by molar-refractivity contribution is 8.00. The van der Waals surface area contributed by atoms with Crippen molar-refractivity contribution in [2.75, 3.05) is 22.6 Å². The van der Waals surface area contributed by atoms with E-state index in [1.807, 2.05) is 72.8 Å². The number of para-hydroxylation sites is 1. The average Bonchev–Trinajstić information content (AvgIpc) is 3.81. The molecule has 3 aromatic carbocycles. The van der Waals surface area contributed by atoms with Gasteiger partial charge in [-0.1, -0.05) is 54.6 Å². The quantitative estimate of drug-likeness (QED) is 0.121. The third kappa shape index (κ3) is 7.52. The zero-order chi connectivity index (χ0) is 30.3. The number of ether oxygens (including phenoxy) is 1. The first-order chi connectivity index (χ1) is 20.8. The molecule has 5 rings (SSSR count). The molecule has 1 aliphatic carbocycles. The highest BCUT2D eigenvalue weighted by Gasteiger charge is 2.31. The molecule has 1 fully saturated rings. The Morgan fingerprint density at radius 3 is 2.23 bits per heavy atom. The second-order valence-corrected chi connectivity index (χ2v) is 12.2. The number of thiophene rings is 1. The van der Waals surface area contributed by atoms with Crippen molar-refractivity contribution in [2.45, 2.75) is 36.8 Å². The zero-order valence-corrected chi connectivity index (χ0v) is 25.3. The molecule has 0 spiro atoms. The van der Waals surface area contributed by atoms with E-state index in [1.165, 1.54) is 11.8 Å². The Labute approximate surface area is 258 Å². The first-order valence-corrected chi connectivity index (χ1v) is 15.6. The molecule has 220 valence electrons. The molecule has 8 nitrogen and oxygen atoms in total. The van der Waals surface area contributed by atoms with Crippen LogP contribution in [-0.2, 0) is 14.3 Å². The van der Waals surface area contributed by atoms with E-state index in [9.17, 15) is 19.2 Å². The average molecular weight is 614 g/mol. The molecule has 0 aliphatic heterocycles. The summed E-state index contributed by atoms with van der Waals surface area (Å²) in [5.41, 5.74) is 2.61. The highest BCUT2D eigenvalue weighted by Crippen LogP contribution is 2.40. The Bertz CT molecular complexity index is 1640. The van der Waals surface area contributed by atoms with Crippen LogP contribution in [0.2, 0.25) is 0 Å². The molecule has 0 radical (unpaired) electrons. The summed E-state index contributed by atoms with van der Waals surface area (Å²) >= 11 is 2.36. The minimum Gasteiger partial charge on any atom is -0.462 e. The predicted octanol–water partition coefficient (Wildman–Crippen LogP) is 7.31. The Morgan fingerprint density at radius 1 is 0.884 bits per heavy atom. The number of rotatable bonds is 11. The van der Waals surface area contributed by atoms with Gasteiger partial charge in [-0.25, -0.2) is 4.79 Å². The fourth-order valence-electron chi connectivity index (χ4n) is 4.43. The number of anilines is 3. The van der Waals surface area contributed by atoms with Crippen LogP contribution in [0, 0.1) is 12.8 Å². The summed E-state index contributed by atoms with van der Waals surface area (Å²) < 4.78 is 5.29. The number of nitrogens with one attached hydrogen (secondary N) is 3. The van der Waals surface area contributed by atoms with Gasteiger partial charge in [0.25, 0.3) is 5.91 Å². The van der Waals surface area contributed by atoms with Crippen molar-refractivity contribution in [3.63, 3.8) is 0 Å². The molecular formula is C33H31N3O5S2. The van der Waals surface area contributed by atoms with Crippen LogP contribution in [0.1, 0.15) is 56.2 Å². The normalized spacial score (nSPS) is 13.1. The van der Waals surface area contributed by atoms with Crippen LogP contribution in [0.25, 0.3) is 0 Å². The third-order valence-electron chi connectivity index (χ3n) is 6.75. The van der Waals surface area contributed by atoms with Crippen molar-refractivity contribution >= 4 is 63.2 Å². The molecular weight excluding hydrogens is 583 g/mol. The number of amides is 3. The summed E-state index contributed by atoms with van der Waals surface area (Å²) in [6.45, 7) is 3.51. The second-order valence-electron chi connectivity index (χ2n) is 9.99. The first kappa shape index (κ1) is 30.1. The standard InChI is InChI=1S/C33H31N3O5S2/c1-3-41-33(40)26-20(2)27(30(38)34-23-13-8-5-9-14-23)43-32(26)36-31(39)28(21-11-6-4-7-12-21)42-25-16-10-15-24(19-25)35-29(37)22-17-18-22/h4-16,19,22,28H,3,17-18H2,1-2H3,(H,34,38)(H,35,37)(H,36,39). The van der Waals surface area contributed by atoms with E-state index in [0.29, 0.717) is 21.8 Å². The van der Waals surface area contributed by atoms with E-state index in [1.54, 1.807) is 26.0 Å². The van der Waals surface area contributed by atoms with Gasteiger partial charge in [0, 0.05) is 22.2 Å². The Hall–Kier alpha value is -4.41. The summed E-state index contributed by atoms with van der Waals surface area (Å²) in [6.07, 6.45) is 1.81. The predicted molar refractivity (Wildman–Crippen MR) is 171 cm³/mol. The summed E-state index contributed by atoms with van der Waals surface area (Å²) in [7, 11) is 0. The minimum absolute atomic E-state index is 0.00571. The zero-order valence-electron chi connectivity index (χ0n) is 23.7. The van der Waals surface area contributed by atoms with Gasteiger partial charge in [-0.2, -0.15) is 0 Å². The van der Waals surface area contributed by atoms with Gasteiger partial charge in [0.1, 0.15) is 10.3 Å². The number of thioether (sulfide) groups is 1. The van der Waals surface area contributed by atoms with E-state index < -0.39 is 17.1 Å². The summed E-state index contributed by atoms with van der Waals surface area (Å²) in [5, 5.41) is 8.27. The maximum Gasteiger partial charge on any atom is 0.341 e. The number of benzene rings is 3. The van der Waals surface area contributed by atoms with Gasteiger partial charge < -0.3 is 20.7 Å². The Kier molecular flexibility index (Phi) is 9.58. The third-order valence-corrected chi connectivity index (χ3v) is 9.20. The smallest absolute Gasteiger partial charge is 0.341 e. The molecule has 43 heavy (non-hydrogen) atoms. The summed E-state index contributed by atoms with van der Waals surface area (Å²) in [6, 6.07) is 25.7. The monoisotopic (exact) mass is 613 g/mol. The number of carbonyl (C=O) groups excluding carboxylic acids is 4. The van der Waals surface area contributed by atoms with Gasteiger partial charge in [0.05, 0.1) is 17.0 Å². The molecule has 4 aromatic rings. The largest absolute Gasteiger partial charge is 0.462 e. The molecule has 1 heterocycles. The number of hydrogen-bond acceptors (Lipinski definition) is 7. The fourth-order valence-corrected chi connectivity index (χ4v) is 6.60. The maximum absolute atomic E-state index is 13.9. The molecule has 0 bridgehead atoms. The molecule has 3 N–H and O–H groups in total. The summed E-state index contributed by atoms with van der Waals surface area (Å²) in [4.78, 5) is 53.6. The first-order valence-electron chi connectivity index (χ1n) is 13.9. The van der Waals surface area contributed by atoms with E-state index in [4.69, 9.17) is 4.74 Å². The maximum atomic E-state index is 13.9. The van der Waals surface area contributed by atoms with E-state index in [0.717, 1.165) is 34.6 Å². The molecule has 1 atom stereocenters. The molecule has 0 saturated heterocycles. The van der Waals surface area contributed by atoms with Crippen molar-refractivity contribution in [2.24, 2.45) is 5.92 Å². The van der Waals surface area contributed by atoms with Crippen LogP contribution >= 0.6 is 23.1 Å². The van der Waals surface area contributed by atoms with Crippen molar-refractivity contribution in [1.29, 1.82) is 0 Å². The topological polar surface area (TPSA) is 114 Å². The Balaban J connectivity index is 1.43. The lowest BCUT2D eigenvalue weighted by molar-refractivity contribution is -0.117. The van der Waals surface area contributed by atoms with E-state index in [2.05, 4.69) is 16.0 Å². The lowest BCUT2D eigenvalue weighted by atomic mass is 10.1. The van der Waals surface area contributed by atoms with Gasteiger partial charge in [-0.15, -0.1) is 23.1 Å². The molecule has 10 heteroatoms. The molecule has 1 aromatic heterocycles. The molecule has 1 saturated carbocycles. The van der Waals surface area contributed by atoms with Crippen LogP contribution < -0.4 is 16.0 Å². The van der Waals surface area contributed by atoms with Gasteiger partial charge in [-0.3, -0.25) is 14.4 Å². The van der Waals surface area contributed by atoms with Gasteiger partial charge in [0.2, 0.25) is 11.8 Å². The lowest BCUT2D eigenvalue weighted by Gasteiger charge is -2.18. The highest BCUT2D eigenvalue weighted by atomic mass is 32.2. The van der Waals surface area contributed by atoms with Crippen molar-refractivity contribution in [3.05, 3.63) is 106 Å². The number of esters is 1. The van der Waals surface area contributed by atoms with Crippen molar-refractivity contribution in [3.8, 4) is 0 Å². The molecule has 1 unspecified atom stereocenters. The number of carbonyl (C=O) groups is 4. The Morgan fingerprint density at radius 2 is 1.56 bits per heavy atom. The fraction of sp³-hybridized carbons (Fsp3) is 0.212. The molecule has 1 aliphatic rings. The van der Waals surface area contributed by atoms with Crippen molar-refractivity contribution < 1.29 is 23.9 Å².